The van der Waals surface area contributed by atoms with Gasteiger partial charge in [-0.25, -0.2) is 13.1 Å². The highest BCUT2D eigenvalue weighted by Crippen LogP contribution is 2.42. The molecule has 1 aliphatic carbocycles. The van der Waals surface area contributed by atoms with Crippen LogP contribution in [0.2, 0.25) is 0 Å². The maximum absolute atomic E-state index is 12.1. The fraction of sp³-hybridized carbons (Fsp3) is 0.588. The van der Waals surface area contributed by atoms with Gasteiger partial charge in [0.25, 0.3) is 0 Å². The smallest absolute Gasteiger partial charge is 0.240 e. The zero-order chi connectivity index (χ0) is 17.5. The molecule has 0 atom stereocenters. The van der Waals surface area contributed by atoms with Gasteiger partial charge in [-0.15, -0.1) is 24.0 Å². The number of nitrogens with one attached hydrogen (secondary N) is 3. The van der Waals surface area contributed by atoms with Gasteiger partial charge >= 0.3 is 0 Å². The summed E-state index contributed by atoms with van der Waals surface area (Å²) in [5.74, 6) is 0.716. The molecule has 1 aromatic carbocycles. The minimum Gasteiger partial charge on any atom is -0.356 e. The number of rotatable bonds is 8. The van der Waals surface area contributed by atoms with Gasteiger partial charge in [0.15, 0.2) is 5.96 Å². The van der Waals surface area contributed by atoms with Gasteiger partial charge in [-0.05, 0) is 36.8 Å². The molecule has 1 aromatic rings. The normalized spacial score (nSPS) is 16.5. The summed E-state index contributed by atoms with van der Waals surface area (Å²) >= 11 is 0. The van der Waals surface area contributed by atoms with Crippen molar-refractivity contribution >= 4 is 40.0 Å². The molecule has 0 saturated heterocycles. The summed E-state index contributed by atoms with van der Waals surface area (Å²) in [6.45, 7) is 3.93. The Morgan fingerprint density at radius 3 is 2.36 bits per heavy atom. The molecule has 8 heteroatoms. The molecule has 1 saturated carbocycles. The first-order chi connectivity index (χ1) is 11.5. The number of hydrogen-bond donors (Lipinski definition) is 3. The highest BCUT2D eigenvalue weighted by molar-refractivity contribution is 14.0. The first-order valence-corrected chi connectivity index (χ1v) is 9.99. The predicted octanol–water partition coefficient (Wildman–Crippen LogP) is 2.33. The van der Waals surface area contributed by atoms with Gasteiger partial charge in [0.1, 0.15) is 0 Å². The third-order valence-electron chi connectivity index (χ3n) is 4.78. The molecule has 1 fully saturated rings. The van der Waals surface area contributed by atoms with Crippen LogP contribution in [0.3, 0.4) is 0 Å². The monoisotopic (exact) mass is 480 g/mol. The van der Waals surface area contributed by atoms with Crippen molar-refractivity contribution in [1.82, 2.24) is 15.4 Å². The average molecular weight is 480 g/mol. The van der Waals surface area contributed by atoms with Crippen LogP contribution in [0.1, 0.15) is 32.6 Å². The van der Waals surface area contributed by atoms with Crippen LogP contribution in [0.25, 0.3) is 0 Å². The molecule has 0 aromatic heterocycles. The second-order valence-corrected chi connectivity index (χ2v) is 8.04. The van der Waals surface area contributed by atoms with Gasteiger partial charge in [0, 0.05) is 26.7 Å². The molecule has 142 valence electrons. The van der Waals surface area contributed by atoms with E-state index in [0.717, 1.165) is 6.54 Å². The number of benzene rings is 1. The molecule has 6 nitrogen and oxygen atoms in total. The predicted molar refractivity (Wildman–Crippen MR) is 113 cm³/mol. The van der Waals surface area contributed by atoms with Gasteiger partial charge in [-0.3, -0.25) is 4.99 Å². The Morgan fingerprint density at radius 2 is 1.84 bits per heavy atom. The zero-order valence-corrected chi connectivity index (χ0v) is 18.1. The van der Waals surface area contributed by atoms with Crippen molar-refractivity contribution in [1.29, 1.82) is 0 Å². The van der Waals surface area contributed by atoms with Crippen LogP contribution in [-0.4, -0.2) is 41.1 Å². The molecule has 0 aliphatic heterocycles. The second-order valence-electron chi connectivity index (χ2n) is 6.27. The molecule has 0 unspecified atom stereocenters. The lowest BCUT2D eigenvalue weighted by atomic mass is 9.67. The standard InChI is InChI=1S/C17H28N4O2S.HI/c1-3-17(10-7-11-17)14-20-16(18-2)19-12-13-21-24(22,23)15-8-5-4-6-9-15;/h4-6,8-9,21H,3,7,10-14H2,1-2H3,(H2,18,19,20);1H. The number of halogens is 1. The Morgan fingerprint density at radius 1 is 1.16 bits per heavy atom. The second kappa shape index (κ2) is 10.3. The summed E-state index contributed by atoms with van der Waals surface area (Å²) in [7, 11) is -1.72. The number of hydrogen-bond acceptors (Lipinski definition) is 3. The molecule has 0 spiro atoms. The van der Waals surface area contributed by atoms with E-state index in [4.69, 9.17) is 0 Å². The van der Waals surface area contributed by atoms with E-state index in [1.54, 1.807) is 37.4 Å². The van der Waals surface area contributed by atoms with Crippen molar-refractivity contribution < 1.29 is 8.42 Å². The quantitative estimate of drug-likeness (QED) is 0.231. The fourth-order valence-corrected chi connectivity index (χ4v) is 3.93. The van der Waals surface area contributed by atoms with E-state index in [1.807, 2.05) is 0 Å². The molecule has 3 N–H and O–H groups in total. The van der Waals surface area contributed by atoms with E-state index in [2.05, 4.69) is 27.3 Å². The van der Waals surface area contributed by atoms with E-state index in [1.165, 1.54) is 25.7 Å². The summed E-state index contributed by atoms with van der Waals surface area (Å²) in [5.41, 5.74) is 0.409. The Labute approximate surface area is 168 Å². The van der Waals surface area contributed by atoms with Gasteiger partial charge < -0.3 is 10.6 Å². The lowest BCUT2D eigenvalue weighted by Gasteiger charge is -2.41. The number of sulfonamides is 1. The minimum absolute atomic E-state index is 0. The lowest BCUT2D eigenvalue weighted by Crippen LogP contribution is -2.47. The van der Waals surface area contributed by atoms with Crippen molar-refractivity contribution in [3.8, 4) is 0 Å². The molecular weight excluding hydrogens is 451 g/mol. The Hall–Kier alpha value is -0.870. The van der Waals surface area contributed by atoms with Crippen LogP contribution in [0.5, 0.6) is 0 Å². The van der Waals surface area contributed by atoms with Crippen molar-refractivity contribution in [2.24, 2.45) is 10.4 Å². The molecule has 25 heavy (non-hydrogen) atoms. The topological polar surface area (TPSA) is 82.6 Å². The molecule has 0 amide bonds. The van der Waals surface area contributed by atoms with E-state index in [-0.39, 0.29) is 28.9 Å². The largest absolute Gasteiger partial charge is 0.356 e. The average Bonchev–Trinajstić information content (AvgIpc) is 2.57. The Balaban J connectivity index is 0.00000312. The highest BCUT2D eigenvalue weighted by atomic mass is 127. The summed E-state index contributed by atoms with van der Waals surface area (Å²) in [6, 6.07) is 8.38. The molecule has 1 aliphatic rings. The highest BCUT2D eigenvalue weighted by Gasteiger charge is 2.34. The summed E-state index contributed by atoms with van der Waals surface area (Å²) in [6.07, 6.45) is 5.02. The summed E-state index contributed by atoms with van der Waals surface area (Å²) in [4.78, 5) is 4.47. The van der Waals surface area contributed by atoms with E-state index >= 15 is 0 Å². The summed E-state index contributed by atoms with van der Waals surface area (Å²) < 4.78 is 26.8. The molecular formula is C17H29IN4O2S. The number of guanidine groups is 1. The maximum atomic E-state index is 12.1. The van der Waals surface area contributed by atoms with Crippen LogP contribution in [0.15, 0.2) is 40.2 Å². The van der Waals surface area contributed by atoms with Crippen molar-refractivity contribution in [3.05, 3.63) is 30.3 Å². The fourth-order valence-electron chi connectivity index (χ4n) is 2.87. The molecule has 0 bridgehead atoms. The Bertz CT molecular complexity index is 640. The van der Waals surface area contributed by atoms with Crippen LogP contribution in [0, 0.1) is 5.41 Å². The van der Waals surface area contributed by atoms with Crippen molar-refractivity contribution in [2.75, 3.05) is 26.7 Å². The Kier molecular flexibility index (Phi) is 9.15. The number of aliphatic imine (C=N–C) groups is 1. The van der Waals surface area contributed by atoms with Gasteiger partial charge in [-0.2, -0.15) is 0 Å². The number of nitrogens with zero attached hydrogens (tertiary/aromatic N) is 1. The first kappa shape index (κ1) is 22.2. The third-order valence-corrected chi connectivity index (χ3v) is 6.26. The molecule has 0 radical (unpaired) electrons. The molecule has 0 heterocycles. The van der Waals surface area contributed by atoms with E-state index < -0.39 is 10.0 Å². The van der Waals surface area contributed by atoms with E-state index in [9.17, 15) is 8.42 Å². The van der Waals surface area contributed by atoms with E-state index in [0.29, 0.717) is 24.5 Å². The van der Waals surface area contributed by atoms with Crippen molar-refractivity contribution in [2.45, 2.75) is 37.5 Å². The zero-order valence-electron chi connectivity index (χ0n) is 14.9. The van der Waals surface area contributed by atoms with Crippen LogP contribution in [-0.2, 0) is 10.0 Å². The maximum Gasteiger partial charge on any atom is 0.240 e. The first-order valence-electron chi connectivity index (χ1n) is 8.51. The molecule has 2 rings (SSSR count). The van der Waals surface area contributed by atoms with Crippen molar-refractivity contribution in [3.63, 3.8) is 0 Å². The SMILES string of the molecule is CCC1(CNC(=NC)NCCNS(=O)(=O)c2ccccc2)CCC1.I. The van der Waals surface area contributed by atoms with Gasteiger partial charge in [0.05, 0.1) is 4.90 Å². The summed E-state index contributed by atoms with van der Waals surface area (Å²) in [5, 5.41) is 6.50. The minimum atomic E-state index is -3.45. The van der Waals surface area contributed by atoms with Gasteiger partial charge in [0.2, 0.25) is 10.0 Å². The lowest BCUT2D eigenvalue weighted by molar-refractivity contribution is 0.131. The van der Waals surface area contributed by atoms with Crippen LogP contribution >= 0.6 is 24.0 Å². The van der Waals surface area contributed by atoms with Crippen LogP contribution < -0.4 is 15.4 Å². The van der Waals surface area contributed by atoms with Crippen LogP contribution in [0.4, 0.5) is 0 Å². The third kappa shape index (κ3) is 6.41. The van der Waals surface area contributed by atoms with Gasteiger partial charge in [-0.1, -0.05) is 31.5 Å².